The first-order chi connectivity index (χ1) is 9.12. The van der Waals surface area contributed by atoms with Crippen LogP contribution in [0.2, 0.25) is 0 Å². The molecule has 4 nitrogen and oxygen atoms in total. The third kappa shape index (κ3) is 4.47. The Morgan fingerprint density at radius 3 is 2.26 bits per heavy atom. The van der Waals surface area contributed by atoms with E-state index in [1.54, 1.807) is 6.92 Å². The summed E-state index contributed by atoms with van der Waals surface area (Å²) < 4.78 is 4.96. The number of hydrogen-bond acceptors (Lipinski definition) is 4. The second-order valence-corrected chi connectivity index (χ2v) is 4.34. The molecule has 0 aliphatic heterocycles. The molecule has 1 aromatic carbocycles. The summed E-state index contributed by atoms with van der Waals surface area (Å²) in [6.45, 7) is 10.3. The van der Waals surface area contributed by atoms with Crippen molar-refractivity contribution in [3.8, 4) is 0 Å². The first-order valence-corrected chi connectivity index (χ1v) is 6.90. The smallest absolute Gasteiger partial charge is 0.328 e. The Labute approximate surface area is 115 Å². The number of rotatable bonds is 7. The summed E-state index contributed by atoms with van der Waals surface area (Å²) in [6, 6.07) is 7.77. The van der Waals surface area contributed by atoms with E-state index in [1.807, 2.05) is 19.1 Å². The molecule has 0 aromatic heterocycles. The van der Waals surface area contributed by atoms with Gasteiger partial charge in [-0.1, -0.05) is 0 Å². The molecule has 0 saturated carbocycles. The third-order valence-electron chi connectivity index (χ3n) is 3.02. The average Bonchev–Trinajstić information content (AvgIpc) is 2.42. The van der Waals surface area contributed by atoms with Gasteiger partial charge in [0.2, 0.25) is 0 Å². The van der Waals surface area contributed by atoms with E-state index in [9.17, 15) is 4.79 Å². The Morgan fingerprint density at radius 1 is 1.21 bits per heavy atom. The topological polar surface area (TPSA) is 41.6 Å². The van der Waals surface area contributed by atoms with E-state index in [2.05, 4.69) is 36.2 Å². The van der Waals surface area contributed by atoms with Crippen LogP contribution in [0.4, 0.5) is 11.4 Å². The molecule has 106 valence electrons. The monoisotopic (exact) mass is 264 g/mol. The van der Waals surface area contributed by atoms with Crippen molar-refractivity contribution in [3.05, 3.63) is 24.3 Å². The van der Waals surface area contributed by atoms with Crippen molar-refractivity contribution in [3.63, 3.8) is 0 Å². The second-order valence-electron chi connectivity index (χ2n) is 4.34. The lowest BCUT2D eigenvalue weighted by atomic mass is 10.2. The Hall–Kier alpha value is -1.71. The van der Waals surface area contributed by atoms with Crippen LogP contribution < -0.4 is 10.2 Å². The number of ether oxygens (including phenoxy) is 1. The predicted molar refractivity (Wildman–Crippen MR) is 79.7 cm³/mol. The van der Waals surface area contributed by atoms with Gasteiger partial charge in [0, 0.05) is 24.5 Å². The number of carbonyl (C=O) groups excluding carboxylic acids is 1. The molecule has 4 heteroatoms. The minimum Gasteiger partial charge on any atom is -0.464 e. The highest BCUT2D eigenvalue weighted by atomic mass is 16.5. The first kappa shape index (κ1) is 15.3. The van der Waals surface area contributed by atoms with Crippen molar-refractivity contribution >= 4 is 17.3 Å². The average molecular weight is 264 g/mol. The maximum atomic E-state index is 11.5. The highest BCUT2D eigenvalue weighted by Gasteiger charge is 2.13. The summed E-state index contributed by atoms with van der Waals surface area (Å²) in [6.07, 6.45) is 0. The molecule has 0 heterocycles. The molecule has 0 aliphatic carbocycles. The van der Waals surface area contributed by atoms with Crippen molar-refractivity contribution in [2.75, 3.05) is 29.9 Å². The second kappa shape index (κ2) is 7.67. The van der Waals surface area contributed by atoms with E-state index in [0.29, 0.717) is 6.61 Å². The van der Waals surface area contributed by atoms with E-state index in [-0.39, 0.29) is 12.0 Å². The maximum absolute atomic E-state index is 11.5. The Kier molecular flexibility index (Phi) is 6.19. The van der Waals surface area contributed by atoms with Crippen LogP contribution in [0, 0.1) is 0 Å². The molecular formula is C15H24N2O2. The van der Waals surface area contributed by atoms with Crippen molar-refractivity contribution < 1.29 is 9.53 Å². The van der Waals surface area contributed by atoms with Crippen molar-refractivity contribution in [1.29, 1.82) is 0 Å². The molecule has 1 N–H and O–H groups in total. The number of nitrogens with one attached hydrogen (secondary N) is 1. The lowest BCUT2D eigenvalue weighted by Crippen LogP contribution is -2.28. The van der Waals surface area contributed by atoms with Gasteiger partial charge in [-0.25, -0.2) is 4.79 Å². The molecule has 0 radical (unpaired) electrons. The van der Waals surface area contributed by atoms with Gasteiger partial charge in [-0.05, 0) is 52.0 Å². The molecule has 1 rings (SSSR count). The molecule has 0 fully saturated rings. The molecule has 1 unspecified atom stereocenters. The Balaban J connectivity index is 2.64. The number of benzene rings is 1. The highest BCUT2D eigenvalue weighted by Crippen LogP contribution is 2.18. The van der Waals surface area contributed by atoms with Crippen LogP contribution in [0.25, 0.3) is 0 Å². The van der Waals surface area contributed by atoms with Gasteiger partial charge in [-0.15, -0.1) is 0 Å². The van der Waals surface area contributed by atoms with Crippen molar-refractivity contribution in [1.82, 2.24) is 0 Å². The zero-order chi connectivity index (χ0) is 14.3. The number of carbonyl (C=O) groups is 1. The van der Waals surface area contributed by atoms with Gasteiger partial charge in [0.1, 0.15) is 6.04 Å². The summed E-state index contributed by atoms with van der Waals surface area (Å²) >= 11 is 0. The van der Waals surface area contributed by atoms with Gasteiger partial charge < -0.3 is 15.0 Å². The molecule has 0 spiro atoms. The zero-order valence-electron chi connectivity index (χ0n) is 12.3. The minimum absolute atomic E-state index is 0.227. The molecule has 0 amide bonds. The van der Waals surface area contributed by atoms with E-state index in [4.69, 9.17) is 4.74 Å². The molecule has 19 heavy (non-hydrogen) atoms. The van der Waals surface area contributed by atoms with Crippen LogP contribution >= 0.6 is 0 Å². The zero-order valence-corrected chi connectivity index (χ0v) is 12.3. The van der Waals surface area contributed by atoms with Crippen molar-refractivity contribution in [2.24, 2.45) is 0 Å². The van der Waals surface area contributed by atoms with Crippen LogP contribution in [0.5, 0.6) is 0 Å². The third-order valence-corrected chi connectivity index (χ3v) is 3.02. The predicted octanol–water partition coefficient (Wildman–Crippen LogP) is 2.90. The number of hydrogen-bond donors (Lipinski definition) is 1. The number of esters is 1. The Bertz CT molecular complexity index is 386. The van der Waals surface area contributed by atoms with Gasteiger partial charge in [0.05, 0.1) is 6.61 Å². The van der Waals surface area contributed by atoms with Gasteiger partial charge in [-0.3, -0.25) is 0 Å². The Morgan fingerprint density at radius 2 is 1.79 bits per heavy atom. The quantitative estimate of drug-likeness (QED) is 0.769. The molecule has 1 atom stereocenters. The van der Waals surface area contributed by atoms with Crippen molar-refractivity contribution in [2.45, 2.75) is 33.7 Å². The molecule has 0 bridgehead atoms. The fourth-order valence-corrected chi connectivity index (χ4v) is 1.93. The highest BCUT2D eigenvalue weighted by molar-refractivity contribution is 5.78. The van der Waals surface area contributed by atoms with E-state index in [0.717, 1.165) is 18.8 Å². The molecule has 0 saturated heterocycles. The van der Waals surface area contributed by atoms with Gasteiger partial charge >= 0.3 is 5.97 Å². The van der Waals surface area contributed by atoms with Crippen LogP contribution in [0.3, 0.4) is 0 Å². The fourth-order valence-electron chi connectivity index (χ4n) is 1.93. The van der Waals surface area contributed by atoms with E-state index >= 15 is 0 Å². The summed E-state index contributed by atoms with van der Waals surface area (Å²) in [7, 11) is 0. The van der Waals surface area contributed by atoms with Crippen LogP contribution in [0.1, 0.15) is 27.7 Å². The van der Waals surface area contributed by atoms with E-state index < -0.39 is 0 Å². The lowest BCUT2D eigenvalue weighted by molar-refractivity contribution is -0.143. The maximum Gasteiger partial charge on any atom is 0.328 e. The van der Waals surface area contributed by atoms with E-state index in [1.165, 1.54) is 5.69 Å². The summed E-state index contributed by atoms with van der Waals surface area (Å²) in [5.41, 5.74) is 2.12. The summed E-state index contributed by atoms with van der Waals surface area (Å²) in [5, 5.41) is 3.14. The SMILES string of the molecule is CCOC(=O)C(C)Nc1ccc(N(CC)CC)cc1. The number of nitrogens with zero attached hydrogens (tertiary/aromatic N) is 1. The normalized spacial score (nSPS) is 11.8. The van der Waals surface area contributed by atoms with Crippen LogP contribution in [-0.2, 0) is 9.53 Å². The largest absolute Gasteiger partial charge is 0.464 e. The summed E-state index contributed by atoms with van der Waals surface area (Å²) in [4.78, 5) is 13.8. The number of anilines is 2. The minimum atomic E-state index is -0.334. The van der Waals surface area contributed by atoms with Crippen LogP contribution in [0.15, 0.2) is 24.3 Å². The standard InChI is InChI=1S/C15H24N2O2/c1-5-17(6-2)14-10-8-13(9-11-14)16-12(4)15(18)19-7-3/h8-12,16H,5-7H2,1-4H3. The van der Waals surface area contributed by atoms with Gasteiger partial charge in [0.25, 0.3) is 0 Å². The molecule has 1 aromatic rings. The molecule has 0 aliphatic rings. The summed E-state index contributed by atoms with van der Waals surface area (Å²) in [5.74, 6) is -0.227. The van der Waals surface area contributed by atoms with Gasteiger partial charge in [-0.2, -0.15) is 0 Å². The first-order valence-electron chi connectivity index (χ1n) is 6.90. The fraction of sp³-hybridized carbons (Fsp3) is 0.533. The molecular weight excluding hydrogens is 240 g/mol. The lowest BCUT2D eigenvalue weighted by Gasteiger charge is -2.21. The van der Waals surface area contributed by atoms with Gasteiger partial charge in [0.15, 0.2) is 0 Å². The van der Waals surface area contributed by atoms with Crippen LogP contribution in [-0.4, -0.2) is 31.7 Å².